The van der Waals surface area contributed by atoms with E-state index >= 15 is 0 Å². The van der Waals surface area contributed by atoms with E-state index in [4.69, 9.17) is 23.2 Å². The van der Waals surface area contributed by atoms with Crippen LogP contribution in [-0.4, -0.2) is 50.0 Å². The Bertz CT molecular complexity index is 1180. The topological polar surface area (TPSA) is 86.8 Å². The van der Waals surface area contributed by atoms with Crippen molar-refractivity contribution in [2.45, 2.75) is 58.2 Å². The molecule has 1 saturated carbocycles. The highest BCUT2D eigenvalue weighted by Gasteiger charge is 2.32. The van der Waals surface area contributed by atoms with E-state index in [0.717, 1.165) is 41.8 Å². The number of benzene rings is 2. The average Bonchev–Trinajstić information content (AvgIpc) is 3.29. The average molecular weight is 541 g/mol. The van der Waals surface area contributed by atoms with Crippen molar-refractivity contribution >= 4 is 50.7 Å². The monoisotopic (exact) mass is 539 g/mol. The third kappa shape index (κ3) is 7.12. The van der Waals surface area contributed by atoms with Crippen LogP contribution in [-0.2, 0) is 26.2 Å². The van der Waals surface area contributed by atoms with Crippen LogP contribution in [0.25, 0.3) is 0 Å². The van der Waals surface area contributed by atoms with Gasteiger partial charge in [-0.15, -0.1) is 0 Å². The third-order valence-electron chi connectivity index (χ3n) is 6.30. The van der Waals surface area contributed by atoms with Gasteiger partial charge in [-0.25, -0.2) is 8.42 Å². The summed E-state index contributed by atoms with van der Waals surface area (Å²) in [6.45, 7) is 2.98. The van der Waals surface area contributed by atoms with Gasteiger partial charge in [0.1, 0.15) is 12.6 Å². The molecule has 2 amide bonds. The van der Waals surface area contributed by atoms with E-state index in [1.165, 1.54) is 4.90 Å². The Morgan fingerprint density at radius 2 is 1.77 bits per heavy atom. The van der Waals surface area contributed by atoms with Gasteiger partial charge >= 0.3 is 0 Å². The van der Waals surface area contributed by atoms with E-state index in [9.17, 15) is 18.0 Å². The van der Waals surface area contributed by atoms with Crippen LogP contribution in [0.4, 0.5) is 5.69 Å². The van der Waals surface area contributed by atoms with Crippen molar-refractivity contribution in [1.29, 1.82) is 0 Å². The summed E-state index contributed by atoms with van der Waals surface area (Å²) in [7, 11) is -3.82. The number of sulfonamides is 1. The van der Waals surface area contributed by atoms with Crippen molar-refractivity contribution in [1.82, 2.24) is 10.2 Å². The third-order valence-corrected chi connectivity index (χ3v) is 8.07. The van der Waals surface area contributed by atoms with Crippen LogP contribution < -0.4 is 9.62 Å². The molecule has 190 valence electrons. The fourth-order valence-electron chi connectivity index (χ4n) is 4.27. The van der Waals surface area contributed by atoms with E-state index in [0.29, 0.717) is 21.3 Å². The quantitative estimate of drug-likeness (QED) is 0.506. The molecule has 1 fully saturated rings. The number of halogens is 2. The number of carbonyl (C=O) groups excluding carboxylic acids is 2. The van der Waals surface area contributed by atoms with Gasteiger partial charge < -0.3 is 10.2 Å². The molecule has 3 rings (SSSR count). The molecule has 0 aromatic heterocycles. The molecule has 0 bridgehead atoms. The number of anilines is 1. The summed E-state index contributed by atoms with van der Waals surface area (Å²) in [4.78, 5) is 28.1. The second-order valence-corrected chi connectivity index (χ2v) is 11.7. The maximum absolute atomic E-state index is 13.6. The van der Waals surface area contributed by atoms with Crippen molar-refractivity contribution in [3.8, 4) is 0 Å². The summed E-state index contributed by atoms with van der Waals surface area (Å²) in [6.07, 6.45) is 4.99. The van der Waals surface area contributed by atoms with Crippen LogP contribution in [0.2, 0.25) is 10.0 Å². The molecule has 0 heterocycles. The first-order valence-corrected chi connectivity index (χ1v) is 14.1. The normalized spacial score (nSPS) is 15.0. The summed E-state index contributed by atoms with van der Waals surface area (Å²) in [5.41, 5.74) is 1.59. The summed E-state index contributed by atoms with van der Waals surface area (Å²) < 4.78 is 26.4. The van der Waals surface area contributed by atoms with Crippen LogP contribution >= 0.6 is 23.2 Å². The lowest BCUT2D eigenvalue weighted by Crippen LogP contribution is -2.52. The lowest BCUT2D eigenvalue weighted by Gasteiger charge is -2.32. The molecule has 1 atom stereocenters. The Morgan fingerprint density at radius 3 is 2.40 bits per heavy atom. The molecule has 10 heteroatoms. The molecule has 35 heavy (non-hydrogen) atoms. The minimum Gasteiger partial charge on any atom is -0.352 e. The highest BCUT2D eigenvalue weighted by molar-refractivity contribution is 7.92. The zero-order valence-electron chi connectivity index (χ0n) is 20.1. The summed E-state index contributed by atoms with van der Waals surface area (Å²) >= 11 is 12.4. The van der Waals surface area contributed by atoms with Gasteiger partial charge in [0.05, 0.1) is 11.9 Å². The fraction of sp³-hybridized carbons (Fsp3) is 0.440. The summed E-state index contributed by atoms with van der Waals surface area (Å²) in [6, 6.07) is 11.2. The predicted molar refractivity (Wildman–Crippen MR) is 140 cm³/mol. The van der Waals surface area contributed by atoms with Crippen LogP contribution in [0.5, 0.6) is 0 Å². The second-order valence-electron chi connectivity index (χ2n) is 8.97. The zero-order valence-corrected chi connectivity index (χ0v) is 22.5. The van der Waals surface area contributed by atoms with Crippen LogP contribution in [0.3, 0.4) is 0 Å². The van der Waals surface area contributed by atoms with Crippen LogP contribution in [0.15, 0.2) is 42.5 Å². The van der Waals surface area contributed by atoms with E-state index < -0.39 is 28.5 Å². The molecule has 0 unspecified atom stereocenters. The molecule has 0 saturated heterocycles. The standard InChI is InChI=1S/C25H31Cl2N3O4S/c1-17-22(27)12-7-13-23(17)30(35(3,33)34)16-24(31)29(15-19-8-6-9-20(26)14-19)18(2)25(32)28-21-10-4-5-11-21/h6-9,12-14,18,21H,4-5,10-11,15-16H2,1-3H3,(H,28,32)/t18-/m0/s1. The van der Waals surface area contributed by atoms with Crippen LogP contribution in [0.1, 0.15) is 43.7 Å². The van der Waals surface area contributed by atoms with Gasteiger partial charge in [-0.1, -0.05) is 54.2 Å². The van der Waals surface area contributed by atoms with Crippen molar-refractivity contribution in [3.63, 3.8) is 0 Å². The number of hydrogen-bond donors (Lipinski definition) is 1. The van der Waals surface area contributed by atoms with Crippen LogP contribution in [0, 0.1) is 6.92 Å². The lowest BCUT2D eigenvalue weighted by atomic mass is 10.1. The summed E-state index contributed by atoms with van der Waals surface area (Å²) in [5.74, 6) is -0.777. The Labute approximate surface area is 217 Å². The Kier molecular flexibility index (Phi) is 9.07. The highest BCUT2D eigenvalue weighted by atomic mass is 35.5. The Morgan fingerprint density at radius 1 is 1.11 bits per heavy atom. The molecule has 1 aliphatic rings. The first-order chi connectivity index (χ1) is 16.5. The molecule has 7 nitrogen and oxygen atoms in total. The number of nitrogens with zero attached hydrogens (tertiary/aromatic N) is 2. The number of nitrogens with one attached hydrogen (secondary N) is 1. The van der Waals surface area contributed by atoms with Crippen molar-refractivity contribution in [3.05, 3.63) is 63.6 Å². The molecule has 2 aromatic rings. The first-order valence-electron chi connectivity index (χ1n) is 11.5. The molecular weight excluding hydrogens is 509 g/mol. The smallest absolute Gasteiger partial charge is 0.244 e. The van der Waals surface area contributed by atoms with Gasteiger partial charge in [0.15, 0.2) is 0 Å². The highest BCUT2D eigenvalue weighted by Crippen LogP contribution is 2.28. The number of amides is 2. The second kappa shape index (κ2) is 11.6. The van der Waals surface area contributed by atoms with Gasteiger partial charge in [-0.3, -0.25) is 13.9 Å². The molecule has 0 radical (unpaired) electrons. The largest absolute Gasteiger partial charge is 0.352 e. The van der Waals surface area contributed by atoms with Crippen molar-refractivity contribution in [2.75, 3.05) is 17.1 Å². The molecule has 0 spiro atoms. The Balaban J connectivity index is 1.91. The van der Waals surface area contributed by atoms with Gasteiger partial charge in [0.25, 0.3) is 0 Å². The van der Waals surface area contributed by atoms with E-state index in [1.54, 1.807) is 50.2 Å². The molecular formula is C25H31Cl2N3O4S. The van der Waals surface area contributed by atoms with E-state index in [2.05, 4.69) is 5.32 Å². The van der Waals surface area contributed by atoms with Gasteiger partial charge in [0, 0.05) is 22.6 Å². The SMILES string of the molecule is Cc1c(Cl)cccc1N(CC(=O)N(Cc1cccc(Cl)c1)[C@@H](C)C(=O)NC1CCCC1)S(C)(=O)=O. The van der Waals surface area contributed by atoms with Gasteiger partial charge in [-0.05, 0) is 62.1 Å². The fourth-order valence-corrected chi connectivity index (χ4v) is 5.55. The number of carbonyl (C=O) groups is 2. The molecule has 0 aliphatic heterocycles. The predicted octanol–water partition coefficient (Wildman–Crippen LogP) is 4.54. The van der Waals surface area contributed by atoms with Gasteiger partial charge in [0.2, 0.25) is 21.8 Å². The Hall–Kier alpha value is -2.29. The lowest BCUT2D eigenvalue weighted by molar-refractivity contribution is -0.139. The van der Waals surface area contributed by atoms with E-state index in [-0.39, 0.29) is 18.5 Å². The maximum atomic E-state index is 13.6. The zero-order chi connectivity index (χ0) is 25.8. The minimum atomic E-state index is -3.82. The number of rotatable bonds is 9. The summed E-state index contributed by atoms with van der Waals surface area (Å²) in [5, 5.41) is 3.93. The molecule has 1 N–H and O–H groups in total. The molecule has 1 aliphatic carbocycles. The van der Waals surface area contributed by atoms with Gasteiger partial charge in [-0.2, -0.15) is 0 Å². The maximum Gasteiger partial charge on any atom is 0.244 e. The van der Waals surface area contributed by atoms with Crippen molar-refractivity contribution in [2.24, 2.45) is 0 Å². The van der Waals surface area contributed by atoms with Crippen molar-refractivity contribution < 1.29 is 18.0 Å². The molecule has 2 aromatic carbocycles. The van der Waals surface area contributed by atoms with E-state index in [1.807, 2.05) is 6.07 Å². The first kappa shape index (κ1) is 27.3. The number of hydrogen-bond acceptors (Lipinski definition) is 4. The minimum absolute atomic E-state index is 0.0923.